The average molecular weight is 446 g/mol. The molecule has 0 fully saturated rings. The van der Waals surface area contributed by atoms with Gasteiger partial charge in [0, 0.05) is 28.1 Å². The number of halogens is 2. The van der Waals surface area contributed by atoms with Crippen LogP contribution in [0.15, 0.2) is 41.3 Å². The van der Waals surface area contributed by atoms with Crippen LogP contribution in [-0.2, 0) is 26.2 Å². The van der Waals surface area contributed by atoms with Gasteiger partial charge in [0.15, 0.2) is 11.5 Å². The molecule has 0 bridgehead atoms. The summed E-state index contributed by atoms with van der Waals surface area (Å²) in [6.07, 6.45) is 0.707. The fraction of sp³-hybridized carbons (Fsp3) is 0.278. The van der Waals surface area contributed by atoms with E-state index >= 15 is 0 Å². The number of sulfonamides is 1. The van der Waals surface area contributed by atoms with E-state index in [9.17, 15) is 13.2 Å². The van der Waals surface area contributed by atoms with Crippen LogP contribution >= 0.6 is 23.2 Å². The van der Waals surface area contributed by atoms with Crippen LogP contribution in [-0.4, -0.2) is 34.1 Å². The van der Waals surface area contributed by atoms with Gasteiger partial charge in [0.25, 0.3) is 0 Å². The van der Waals surface area contributed by atoms with Crippen LogP contribution in [0.4, 0.5) is 0 Å². The summed E-state index contributed by atoms with van der Waals surface area (Å²) < 4.78 is 43.1. The molecule has 0 saturated heterocycles. The quantitative estimate of drug-likeness (QED) is 0.686. The Morgan fingerprint density at radius 2 is 1.82 bits per heavy atom. The van der Waals surface area contributed by atoms with Gasteiger partial charge in [0.2, 0.25) is 10.0 Å². The average Bonchev–Trinajstić information content (AvgIpc) is 2.90. The molecule has 0 atom stereocenters. The van der Waals surface area contributed by atoms with Crippen LogP contribution in [0.25, 0.3) is 0 Å². The summed E-state index contributed by atoms with van der Waals surface area (Å²) in [5, 5.41) is 0.816. The highest BCUT2D eigenvalue weighted by Crippen LogP contribution is 2.31. The molecule has 7 nitrogen and oxygen atoms in total. The topological polar surface area (TPSA) is 90.9 Å². The summed E-state index contributed by atoms with van der Waals surface area (Å²) in [6, 6.07) is 9.04. The molecule has 2 aromatic rings. The Labute approximate surface area is 172 Å². The molecule has 0 amide bonds. The van der Waals surface area contributed by atoms with Crippen molar-refractivity contribution in [3.63, 3.8) is 0 Å². The first-order valence-corrected chi connectivity index (χ1v) is 10.6. The molecule has 0 radical (unpaired) electrons. The van der Waals surface area contributed by atoms with Crippen molar-refractivity contribution in [1.29, 1.82) is 0 Å². The number of hydrogen-bond acceptors (Lipinski definition) is 6. The van der Waals surface area contributed by atoms with Gasteiger partial charge in [-0.15, -0.1) is 0 Å². The highest BCUT2D eigenvalue weighted by molar-refractivity contribution is 7.89. The van der Waals surface area contributed by atoms with Crippen LogP contribution in [0, 0.1) is 0 Å². The molecule has 2 aromatic carbocycles. The normalized spacial score (nSPS) is 13.6. The summed E-state index contributed by atoms with van der Waals surface area (Å²) in [7, 11) is -3.93. The van der Waals surface area contributed by atoms with Gasteiger partial charge >= 0.3 is 5.97 Å². The molecular weight excluding hydrogens is 429 g/mol. The monoisotopic (exact) mass is 445 g/mol. The maximum atomic E-state index is 12.4. The smallest absolute Gasteiger partial charge is 0.321 e. The number of nitrogens with one attached hydrogen (secondary N) is 1. The lowest BCUT2D eigenvalue weighted by molar-refractivity contribution is -0.143. The standard InChI is InChI=1S/C18H17Cl2NO6S/c19-13-3-2-12(15(20)8-13)11-27-18(22)10-21-28(23,24)14-4-5-16-17(9-14)26-7-1-6-25-16/h2-5,8-9,21H,1,6-7,10-11H2. The lowest BCUT2D eigenvalue weighted by atomic mass is 10.2. The summed E-state index contributed by atoms with van der Waals surface area (Å²) in [6.45, 7) is 0.312. The highest BCUT2D eigenvalue weighted by atomic mass is 35.5. The van der Waals surface area contributed by atoms with E-state index in [1.807, 2.05) is 0 Å². The number of fused-ring (bicyclic) bond motifs is 1. The zero-order chi connectivity index (χ0) is 20.1. The van der Waals surface area contributed by atoms with Gasteiger partial charge in [-0.05, 0) is 24.3 Å². The van der Waals surface area contributed by atoms with Gasteiger partial charge in [-0.2, -0.15) is 4.72 Å². The zero-order valence-electron chi connectivity index (χ0n) is 14.6. The third kappa shape index (κ3) is 5.29. The first kappa shape index (κ1) is 20.7. The van der Waals surface area contributed by atoms with Crippen molar-refractivity contribution < 1.29 is 27.4 Å². The lowest BCUT2D eigenvalue weighted by Gasteiger charge is -2.11. The number of benzene rings is 2. The molecule has 28 heavy (non-hydrogen) atoms. The van der Waals surface area contributed by atoms with E-state index in [2.05, 4.69) is 4.72 Å². The second kappa shape index (κ2) is 9.00. The van der Waals surface area contributed by atoms with Crippen LogP contribution < -0.4 is 14.2 Å². The molecule has 0 aliphatic carbocycles. The van der Waals surface area contributed by atoms with Gasteiger partial charge in [-0.25, -0.2) is 8.42 Å². The Morgan fingerprint density at radius 1 is 1.07 bits per heavy atom. The van der Waals surface area contributed by atoms with E-state index in [0.717, 1.165) is 0 Å². The lowest BCUT2D eigenvalue weighted by Crippen LogP contribution is -2.30. The maximum absolute atomic E-state index is 12.4. The van der Waals surface area contributed by atoms with E-state index in [0.29, 0.717) is 46.7 Å². The third-order valence-electron chi connectivity index (χ3n) is 3.84. The Hall–Kier alpha value is -2.00. The Kier molecular flexibility index (Phi) is 6.66. The van der Waals surface area contributed by atoms with E-state index in [-0.39, 0.29) is 11.5 Å². The fourth-order valence-corrected chi connectivity index (χ4v) is 3.84. The zero-order valence-corrected chi connectivity index (χ0v) is 16.9. The van der Waals surface area contributed by atoms with Crippen molar-refractivity contribution in [3.05, 3.63) is 52.0 Å². The van der Waals surface area contributed by atoms with Gasteiger partial charge in [0.05, 0.1) is 18.1 Å². The molecule has 1 N–H and O–H groups in total. The molecule has 1 heterocycles. The minimum absolute atomic E-state index is 0.0368. The molecule has 10 heteroatoms. The highest BCUT2D eigenvalue weighted by Gasteiger charge is 2.20. The SMILES string of the molecule is O=C(CNS(=O)(=O)c1ccc2c(c1)OCCCO2)OCc1ccc(Cl)cc1Cl. The van der Waals surface area contributed by atoms with Crippen LogP contribution in [0.1, 0.15) is 12.0 Å². The largest absolute Gasteiger partial charge is 0.490 e. The van der Waals surface area contributed by atoms with Crippen molar-refractivity contribution in [1.82, 2.24) is 4.72 Å². The van der Waals surface area contributed by atoms with Crippen molar-refractivity contribution in [2.75, 3.05) is 19.8 Å². The van der Waals surface area contributed by atoms with Crippen molar-refractivity contribution in [2.45, 2.75) is 17.9 Å². The minimum atomic E-state index is -3.93. The van der Waals surface area contributed by atoms with E-state index in [1.165, 1.54) is 24.3 Å². The van der Waals surface area contributed by atoms with Gasteiger partial charge in [-0.1, -0.05) is 29.3 Å². The van der Waals surface area contributed by atoms with Gasteiger partial charge < -0.3 is 14.2 Å². The molecule has 0 aromatic heterocycles. The number of rotatable bonds is 6. The third-order valence-corrected chi connectivity index (χ3v) is 5.83. The molecule has 1 aliphatic rings. The van der Waals surface area contributed by atoms with E-state index in [1.54, 1.807) is 12.1 Å². The Bertz CT molecular complexity index is 980. The Balaban J connectivity index is 1.58. The van der Waals surface area contributed by atoms with Gasteiger partial charge in [0.1, 0.15) is 13.2 Å². The number of carbonyl (C=O) groups excluding carboxylic acids is 1. The molecule has 1 aliphatic heterocycles. The second-order valence-corrected chi connectivity index (χ2v) is 8.49. The number of hydrogen-bond donors (Lipinski definition) is 1. The van der Waals surface area contributed by atoms with Crippen LogP contribution in [0.2, 0.25) is 10.0 Å². The molecule has 0 unspecified atom stereocenters. The summed E-state index contributed by atoms with van der Waals surface area (Å²) >= 11 is 11.8. The number of carbonyl (C=O) groups is 1. The number of esters is 1. The predicted molar refractivity (Wildman–Crippen MR) is 103 cm³/mol. The number of ether oxygens (including phenoxy) is 3. The first-order chi connectivity index (χ1) is 13.3. The molecule has 150 valence electrons. The summed E-state index contributed by atoms with van der Waals surface area (Å²) in [5.41, 5.74) is 0.560. The van der Waals surface area contributed by atoms with Gasteiger partial charge in [-0.3, -0.25) is 4.79 Å². The maximum Gasteiger partial charge on any atom is 0.321 e. The van der Waals surface area contributed by atoms with Crippen LogP contribution in [0.5, 0.6) is 11.5 Å². The minimum Gasteiger partial charge on any atom is -0.490 e. The summed E-state index contributed by atoms with van der Waals surface area (Å²) in [4.78, 5) is 11.9. The summed E-state index contributed by atoms with van der Waals surface area (Å²) in [5.74, 6) is 0.0833. The molecule has 3 rings (SSSR count). The van der Waals surface area contributed by atoms with Crippen molar-refractivity contribution >= 4 is 39.2 Å². The molecule has 0 spiro atoms. The van der Waals surface area contributed by atoms with E-state index < -0.39 is 22.5 Å². The molecular formula is C18H17Cl2NO6S. The predicted octanol–water partition coefficient (Wildman–Crippen LogP) is 3.18. The van der Waals surface area contributed by atoms with Crippen LogP contribution in [0.3, 0.4) is 0 Å². The second-order valence-electron chi connectivity index (χ2n) is 5.88. The molecule has 0 saturated carbocycles. The fourth-order valence-electron chi connectivity index (χ4n) is 2.40. The van der Waals surface area contributed by atoms with E-state index in [4.69, 9.17) is 37.4 Å². The Morgan fingerprint density at radius 3 is 2.57 bits per heavy atom. The van der Waals surface area contributed by atoms with Crippen molar-refractivity contribution in [3.8, 4) is 11.5 Å². The van der Waals surface area contributed by atoms with Crippen molar-refractivity contribution in [2.24, 2.45) is 0 Å². The first-order valence-electron chi connectivity index (χ1n) is 8.34.